The molecule has 0 saturated heterocycles. The van der Waals surface area contributed by atoms with E-state index in [1.165, 1.54) is 0 Å². The van der Waals surface area contributed by atoms with Crippen molar-refractivity contribution in [1.82, 2.24) is 25.1 Å². The van der Waals surface area contributed by atoms with Gasteiger partial charge in [-0.25, -0.2) is 9.67 Å². The Morgan fingerprint density at radius 3 is 2.59 bits per heavy atom. The average molecular weight is 451 g/mol. The predicted octanol–water partition coefficient (Wildman–Crippen LogP) is 1.98. The third-order valence-corrected chi connectivity index (χ3v) is 5.72. The van der Waals surface area contributed by atoms with Gasteiger partial charge in [0.2, 0.25) is 5.91 Å². The van der Waals surface area contributed by atoms with Crippen molar-refractivity contribution in [3.8, 4) is 0 Å². The van der Waals surface area contributed by atoms with Crippen molar-refractivity contribution in [2.75, 3.05) is 12.0 Å². The first-order valence-corrected chi connectivity index (χ1v) is 11.4. The van der Waals surface area contributed by atoms with E-state index in [0.29, 0.717) is 17.6 Å². The number of hydrogen-bond donors (Lipinski definition) is 3. The van der Waals surface area contributed by atoms with Crippen molar-refractivity contribution in [3.05, 3.63) is 70.4 Å². The molecule has 0 saturated carbocycles. The Morgan fingerprint density at radius 2 is 1.88 bits per heavy atom. The van der Waals surface area contributed by atoms with E-state index < -0.39 is 17.4 Å². The summed E-state index contributed by atoms with van der Waals surface area (Å²) in [6.07, 6.45) is 2.64. The van der Waals surface area contributed by atoms with Crippen LogP contribution in [0.3, 0.4) is 0 Å². The Bertz CT molecular complexity index is 1330. The zero-order chi connectivity index (χ0) is 22.7. The Hall–Kier alpha value is -3.66. The second-order valence-corrected chi connectivity index (χ2v) is 8.25. The van der Waals surface area contributed by atoms with Gasteiger partial charge in [0.1, 0.15) is 12.4 Å². The zero-order valence-corrected chi connectivity index (χ0v) is 18.2. The lowest BCUT2D eigenvalue weighted by molar-refractivity contribution is -0.122. The number of imidazole rings is 1. The molecule has 2 aromatic heterocycles. The minimum absolute atomic E-state index is 0.0517. The standard InChI is InChI=1S/C22H22N6O3S/c1-32-11-10-17(21-25-15-8-4-5-9-16(15)26-21)24-18(29)12-28-22(31)14-7-3-2-6-13(14)19(27-28)20(23)30/h2-9,17H,10-12H2,1H3,(H2,23,30)(H,24,29)(H,25,26)/t17-/m0/s1. The monoisotopic (exact) mass is 450 g/mol. The number of nitrogens with one attached hydrogen (secondary N) is 2. The Balaban J connectivity index is 1.62. The minimum atomic E-state index is -0.768. The van der Waals surface area contributed by atoms with Crippen molar-refractivity contribution in [2.24, 2.45) is 5.73 Å². The number of benzene rings is 2. The summed E-state index contributed by atoms with van der Waals surface area (Å²) in [5.41, 5.74) is 6.62. The van der Waals surface area contributed by atoms with Crippen molar-refractivity contribution in [3.63, 3.8) is 0 Å². The van der Waals surface area contributed by atoms with Crippen molar-refractivity contribution in [2.45, 2.75) is 19.0 Å². The van der Waals surface area contributed by atoms with E-state index in [2.05, 4.69) is 20.4 Å². The number of primary amides is 1. The largest absolute Gasteiger partial charge is 0.364 e. The fraction of sp³-hybridized carbons (Fsp3) is 0.227. The van der Waals surface area contributed by atoms with Crippen molar-refractivity contribution >= 4 is 45.4 Å². The smallest absolute Gasteiger partial charge is 0.275 e. The number of carbonyl (C=O) groups is 2. The number of para-hydroxylation sites is 2. The molecule has 10 heteroatoms. The Morgan fingerprint density at radius 1 is 1.16 bits per heavy atom. The molecule has 2 aromatic carbocycles. The van der Waals surface area contributed by atoms with Gasteiger partial charge >= 0.3 is 0 Å². The molecular formula is C22H22N6O3S. The number of hydrogen-bond acceptors (Lipinski definition) is 6. The first kappa shape index (κ1) is 21.6. The van der Waals surface area contributed by atoms with E-state index in [-0.39, 0.29) is 23.7 Å². The lowest BCUT2D eigenvalue weighted by Crippen LogP contribution is -2.37. The van der Waals surface area contributed by atoms with Crippen molar-refractivity contribution in [1.29, 1.82) is 0 Å². The highest BCUT2D eigenvalue weighted by molar-refractivity contribution is 7.98. The highest BCUT2D eigenvalue weighted by atomic mass is 32.2. The normalized spacial score (nSPS) is 12.2. The van der Waals surface area contributed by atoms with Crippen LogP contribution in [0.2, 0.25) is 0 Å². The molecule has 4 aromatic rings. The van der Waals surface area contributed by atoms with Gasteiger partial charge in [0, 0.05) is 5.39 Å². The molecule has 1 atom stereocenters. The molecule has 9 nitrogen and oxygen atoms in total. The van der Waals surface area contributed by atoms with Gasteiger partial charge < -0.3 is 16.0 Å². The van der Waals surface area contributed by atoms with Gasteiger partial charge in [-0.1, -0.05) is 30.3 Å². The average Bonchev–Trinajstić information content (AvgIpc) is 3.22. The summed E-state index contributed by atoms with van der Waals surface area (Å²) in [5.74, 6) is 0.264. The van der Waals surface area contributed by atoms with Crippen molar-refractivity contribution < 1.29 is 9.59 Å². The molecule has 0 aliphatic heterocycles. The number of rotatable bonds is 8. The molecule has 0 radical (unpaired) electrons. The molecule has 32 heavy (non-hydrogen) atoms. The van der Waals surface area contributed by atoms with E-state index in [1.54, 1.807) is 36.0 Å². The Kier molecular flexibility index (Phi) is 6.22. The number of nitrogens with zero attached hydrogens (tertiary/aromatic N) is 3. The highest BCUT2D eigenvalue weighted by Crippen LogP contribution is 2.20. The molecule has 0 fully saturated rings. The molecule has 2 heterocycles. The molecule has 0 aliphatic carbocycles. The summed E-state index contributed by atoms with van der Waals surface area (Å²) < 4.78 is 0.974. The highest BCUT2D eigenvalue weighted by Gasteiger charge is 2.20. The molecule has 4 N–H and O–H groups in total. The number of fused-ring (bicyclic) bond motifs is 2. The van der Waals surface area contributed by atoms with Gasteiger partial charge in [-0.3, -0.25) is 14.4 Å². The van der Waals surface area contributed by atoms with Crippen LogP contribution in [-0.2, 0) is 11.3 Å². The number of nitrogens with two attached hydrogens (primary N) is 1. The summed E-state index contributed by atoms with van der Waals surface area (Å²) in [6, 6.07) is 13.8. The molecule has 0 spiro atoms. The maximum atomic E-state index is 12.9. The summed E-state index contributed by atoms with van der Waals surface area (Å²) in [7, 11) is 0. The van der Waals surface area contributed by atoms with Gasteiger partial charge in [0.25, 0.3) is 11.5 Å². The summed E-state index contributed by atoms with van der Waals surface area (Å²) in [6.45, 7) is -0.347. The number of aromatic nitrogens is 4. The van der Waals surface area contributed by atoms with E-state index >= 15 is 0 Å². The molecule has 0 bridgehead atoms. The molecule has 2 amide bonds. The first-order valence-electron chi connectivity index (χ1n) is 10.0. The maximum absolute atomic E-state index is 12.9. The van der Waals surface area contributed by atoms with Crippen LogP contribution in [0.1, 0.15) is 28.8 Å². The molecule has 0 aliphatic rings. The minimum Gasteiger partial charge on any atom is -0.364 e. The van der Waals surface area contributed by atoms with Crippen LogP contribution in [-0.4, -0.2) is 43.6 Å². The SMILES string of the molecule is CSCC[C@H](NC(=O)Cn1nc(C(N)=O)c2ccccc2c1=O)c1nc2ccccc2[nH]1. The lowest BCUT2D eigenvalue weighted by Gasteiger charge is -2.17. The first-order chi connectivity index (χ1) is 15.5. The summed E-state index contributed by atoms with van der Waals surface area (Å²) in [5, 5.41) is 7.64. The third kappa shape index (κ3) is 4.35. The number of carbonyl (C=O) groups excluding carboxylic acids is 2. The van der Waals surface area contributed by atoms with Crippen LogP contribution < -0.4 is 16.6 Å². The zero-order valence-electron chi connectivity index (χ0n) is 17.4. The van der Waals surface area contributed by atoms with E-state index in [4.69, 9.17) is 5.73 Å². The second-order valence-electron chi connectivity index (χ2n) is 7.26. The van der Waals surface area contributed by atoms with Gasteiger partial charge in [-0.05, 0) is 36.6 Å². The van der Waals surface area contributed by atoms with Gasteiger partial charge in [0.15, 0.2) is 5.69 Å². The number of aromatic amines is 1. The molecule has 0 unspecified atom stereocenters. The summed E-state index contributed by atoms with van der Waals surface area (Å²) >= 11 is 1.66. The fourth-order valence-electron chi connectivity index (χ4n) is 3.55. The topological polar surface area (TPSA) is 136 Å². The van der Waals surface area contributed by atoms with Crippen LogP contribution in [0.5, 0.6) is 0 Å². The van der Waals surface area contributed by atoms with Gasteiger partial charge in [0.05, 0.1) is 22.5 Å². The second kappa shape index (κ2) is 9.23. The van der Waals surface area contributed by atoms with Crippen LogP contribution >= 0.6 is 11.8 Å². The quantitative estimate of drug-likeness (QED) is 0.376. The predicted molar refractivity (Wildman–Crippen MR) is 124 cm³/mol. The third-order valence-electron chi connectivity index (χ3n) is 5.08. The fourth-order valence-corrected chi connectivity index (χ4v) is 4.02. The molecule has 164 valence electrons. The molecule has 4 rings (SSSR count). The van der Waals surface area contributed by atoms with Gasteiger partial charge in [-0.2, -0.15) is 16.9 Å². The number of H-pyrrole nitrogens is 1. The van der Waals surface area contributed by atoms with Crippen LogP contribution in [0.15, 0.2) is 53.3 Å². The van der Waals surface area contributed by atoms with Gasteiger partial charge in [-0.15, -0.1) is 0 Å². The van der Waals surface area contributed by atoms with Crippen LogP contribution in [0, 0.1) is 0 Å². The van der Waals surface area contributed by atoms with E-state index in [0.717, 1.165) is 21.5 Å². The number of thioether (sulfide) groups is 1. The van der Waals surface area contributed by atoms with E-state index in [9.17, 15) is 14.4 Å². The van der Waals surface area contributed by atoms with E-state index in [1.807, 2.05) is 30.5 Å². The van der Waals surface area contributed by atoms with Crippen LogP contribution in [0.25, 0.3) is 21.8 Å². The van der Waals surface area contributed by atoms with Crippen LogP contribution in [0.4, 0.5) is 0 Å². The molecular weight excluding hydrogens is 428 g/mol. The number of amides is 2. The lowest BCUT2D eigenvalue weighted by atomic mass is 10.1. The maximum Gasteiger partial charge on any atom is 0.275 e. The summed E-state index contributed by atoms with van der Waals surface area (Å²) in [4.78, 5) is 45.4. The Labute approximate surface area is 187 Å².